The van der Waals surface area contributed by atoms with Crippen LogP contribution in [-0.4, -0.2) is 27.6 Å². The van der Waals surface area contributed by atoms with E-state index in [0.717, 1.165) is 18.4 Å². The van der Waals surface area contributed by atoms with Crippen molar-refractivity contribution in [1.29, 1.82) is 0 Å². The maximum absolute atomic E-state index is 12.6. The molecule has 0 saturated heterocycles. The molecule has 1 aromatic carbocycles. The topological polar surface area (TPSA) is 67.6 Å². The van der Waals surface area contributed by atoms with Gasteiger partial charge in [0, 0.05) is 25.1 Å². The summed E-state index contributed by atoms with van der Waals surface area (Å²) in [6, 6.07) is 10.2. The predicted octanol–water partition coefficient (Wildman–Crippen LogP) is 2.45. The molecule has 2 unspecified atom stereocenters. The van der Waals surface area contributed by atoms with Gasteiger partial charge in [-0.3, -0.25) is 4.79 Å². The summed E-state index contributed by atoms with van der Waals surface area (Å²) in [5.41, 5.74) is 0.417. The molecule has 1 heterocycles. The van der Waals surface area contributed by atoms with Crippen LogP contribution in [0.5, 0.6) is 0 Å². The van der Waals surface area contributed by atoms with Gasteiger partial charge >= 0.3 is 0 Å². The van der Waals surface area contributed by atoms with Crippen LogP contribution in [0.25, 0.3) is 0 Å². The Kier molecular flexibility index (Phi) is 3.56. The summed E-state index contributed by atoms with van der Waals surface area (Å²) in [5.74, 6) is 0.666. The lowest BCUT2D eigenvalue weighted by Crippen LogP contribution is -2.29. The highest BCUT2D eigenvalue weighted by atomic mass is 32.2. The van der Waals surface area contributed by atoms with E-state index in [-0.39, 0.29) is 22.6 Å². The van der Waals surface area contributed by atoms with Gasteiger partial charge in [-0.25, -0.2) is 8.42 Å². The molecule has 0 spiro atoms. The van der Waals surface area contributed by atoms with E-state index in [2.05, 4.69) is 0 Å². The van der Waals surface area contributed by atoms with E-state index in [4.69, 9.17) is 4.42 Å². The maximum atomic E-state index is 12.6. The van der Waals surface area contributed by atoms with E-state index in [0.29, 0.717) is 5.69 Å². The van der Waals surface area contributed by atoms with E-state index >= 15 is 0 Å². The molecule has 2 atom stereocenters. The molecule has 6 heteroatoms. The van der Waals surface area contributed by atoms with Crippen molar-refractivity contribution >= 4 is 21.4 Å². The normalized spacial score (nSPS) is 20.6. The minimum Gasteiger partial charge on any atom is -0.469 e. The number of hydrogen-bond donors (Lipinski definition) is 0. The van der Waals surface area contributed by atoms with Crippen LogP contribution in [0.1, 0.15) is 18.1 Å². The number of benzene rings is 1. The average Bonchev–Trinajstić information content (AvgIpc) is 3.10. The van der Waals surface area contributed by atoms with Gasteiger partial charge < -0.3 is 9.32 Å². The zero-order valence-electron chi connectivity index (χ0n) is 12.4. The van der Waals surface area contributed by atoms with Crippen molar-refractivity contribution < 1.29 is 17.6 Å². The Morgan fingerprint density at radius 2 is 1.95 bits per heavy atom. The van der Waals surface area contributed by atoms with E-state index < -0.39 is 9.84 Å². The van der Waals surface area contributed by atoms with Gasteiger partial charge in [0.2, 0.25) is 5.91 Å². The summed E-state index contributed by atoms with van der Waals surface area (Å²) in [7, 11) is -1.77. The number of carbonyl (C=O) groups excluding carboxylic acids is 1. The second kappa shape index (κ2) is 5.28. The number of nitrogens with zero attached hydrogens (tertiary/aromatic N) is 1. The van der Waals surface area contributed by atoms with Crippen molar-refractivity contribution in [2.24, 2.45) is 5.92 Å². The summed E-state index contributed by atoms with van der Waals surface area (Å²) < 4.78 is 29.1. The van der Waals surface area contributed by atoms with Crippen LogP contribution in [0.3, 0.4) is 0 Å². The predicted molar refractivity (Wildman–Crippen MR) is 82.5 cm³/mol. The first-order valence-corrected chi connectivity index (χ1v) is 8.89. The molecule has 0 radical (unpaired) electrons. The first-order chi connectivity index (χ1) is 10.4. The van der Waals surface area contributed by atoms with Gasteiger partial charge in [-0.2, -0.15) is 0 Å². The van der Waals surface area contributed by atoms with Crippen LogP contribution >= 0.6 is 0 Å². The number of rotatable bonds is 4. The Balaban J connectivity index is 1.84. The highest BCUT2D eigenvalue weighted by Gasteiger charge is 2.47. The molecule has 3 rings (SSSR count). The van der Waals surface area contributed by atoms with Gasteiger partial charge in [0.25, 0.3) is 0 Å². The smallest absolute Gasteiger partial charge is 0.230 e. The Labute approximate surface area is 129 Å². The third-order valence-electron chi connectivity index (χ3n) is 3.97. The van der Waals surface area contributed by atoms with Crippen LogP contribution in [0.4, 0.5) is 5.69 Å². The van der Waals surface area contributed by atoms with Crippen molar-refractivity contribution in [3.05, 3.63) is 48.4 Å². The fraction of sp³-hybridized carbons (Fsp3) is 0.312. The Bertz CT molecular complexity index is 795. The quantitative estimate of drug-likeness (QED) is 0.868. The average molecular weight is 319 g/mol. The summed E-state index contributed by atoms with van der Waals surface area (Å²) in [5, 5.41) is 0. The van der Waals surface area contributed by atoms with Crippen LogP contribution < -0.4 is 4.90 Å². The van der Waals surface area contributed by atoms with E-state index in [1.807, 2.05) is 6.07 Å². The van der Waals surface area contributed by atoms with Gasteiger partial charge in [0.1, 0.15) is 5.76 Å². The van der Waals surface area contributed by atoms with Crippen LogP contribution in [0.2, 0.25) is 0 Å². The summed E-state index contributed by atoms with van der Waals surface area (Å²) >= 11 is 0. The Hall–Kier alpha value is -2.08. The molecule has 2 aromatic rings. The highest BCUT2D eigenvalue weighted by Crippen LogP contribution is 2.49. The lowest BCUT2D eigenvalue weighted by molar-refractivity contribution is -0.119. The highest BCUT2D eigenvalue weighted by molar-refractivity contribution is 7.90. The lowest BCUT2D eigenvalue weighted by Gasteiger charge is -2.20. The van der Waals surface area contributed by atoms with Gasteiger partial charge in [-0.15, -0.1) is 0 Å². The number of anilines is 1. The lowest BCUT2D eigenvalue weighted by atomic mass is 10.2. The van der Waals surface area contributed by atoms with Crippen molar-refractivity contribution in [2.75, 3.05) is 18.2 Å². The number of amides is 1. The largest absolute Gasteiger partial charge is 0.469 e. The first kappa shape index (κ1) is 14.8. The molecule has 1 amide bonds. The molecule has 0 N–H and O–H groups in total. The third-order valence-corrected chi connectivity index (χ3v) is 5.12. The van der Waals surface area contributed by atoms with Crippen molar-refractivity contribution in [3.8, 4) is 0 Å². The molecule has 116 valence electrons. The standard InChI is InChI=1S/C16H17NO4S/c1-17(13-6-3-4-8-15(13)22(2,19)20)16(18)12-10-11(12)14-7-5-9-21-14/h3-9,11-12H,10H2,1-2H3. The second-order valence-electron chi connectivity index (χ2n) is 5.60. The zero-order chi connectivity index (χ0) is 15.9. The van der Waals surface area contributed by atoms with Gasteiger partial charge in [0.15, 0.2) is 9.84 Å². The number of hydrogen-bond acceptors (Lipinski definition) is 4. The molecule has 5 nitrogen and oxygen atoms in total. The molecule has 0 bridgehead atoms. The van der Waals surface area contributed by atoms with Crippen LogP contribution in [0.15, 0.2) is 52.0 Å². The molecular formula is C16H17NO4S. The molecule has 1 aromatic heterocycles. The van der Waals surface area contributed by atoms with Gasteiger partial charge in [-0.05, 0) is 30.7 Å². The van der Waals surface area contributed by atoms with Crippen LogP contribution in [-0.2, 0) is 14.6 Å². The van der Waals surface area contributed by atoms with Crippen LogP contribution in [0, 0.1) is 5.92 Å². The van der Waals surface area contributed by atoms with Gasteiger partial charge in [0.05, 0.1) is 16.8 Å². The minimum atomic E-state index is -3.39. The van der Waals surface area contributed by atoms with Crippen molar-refractivity contribution in [2.45, 2.75) is 17.2 Å². The third kappa shape index (κ3) is 2.66. The molecular weight excluding hydrogens is 302 g/mol. The molecule has 1 saturated carbocycles. The molecule has 1 aliphatic rings. The van der Waals surface area contributed by atoms with E-state index in [1.54, 1.807) is 37.6 Å². The zero-order valence-corrected chi connectivity index (χ0v) is 13.2. The Morgan fingerprint density at radius 1 is 1.23 bits per heavy atom. The number of carbonyl (C=O) groups is 1. The van der Waals surface area contributed by atoms with Crippen molar-refractivity contribution in [3.63, 3.8) is 0 Å². The summed E-state index contributed by atoms with van der Waals surface area (Å²) in [4.78, 5) is 14.2. The number of sulfone groups is 1. The number of furan rings is 1. The summed E-state index contributed by atoms with van der Waals surface area (Å²) in [6.07, 6.45) is 3.47. The summed E-state index contributed by atoms with van der Waals surface area (Å²) in [6.45, 7) is 0. The fourth-order valence-electron chi connectivity index (χ4n) is 2.70. The Morgan fingerprint density at radius 3 is 2.59 bits per heavy atom. The molecule has 22 heavy (non-hydrogen) atoms. The van der Waals surface area contributed by atoms with Gasteiger partial charge in [-0.1, -0.05) is 12.1 Å². The molecule has 0 aliphatic heterocycles. The SMILES string of the molecule is CN(C(=O)C1CC1c1ccco1)c1ccccc1S(C)(=O)=O. The monoisotopic (exact) mass is 319 g/mol. The minimum absolute atomic E-state index is 0.0856. The number of para-hydroxylation sites is 1. The van der Waals surface area contributed by atoms with Crippen molar-refractivity contribution in [1.82, 2.24) is 0 Å². The van der Waals surface area contributed by atoms with E-state index in [9.17, 15) is 13.2 Å². The fourth-order valence-corrected chi connectivity index (χ4v) is 3.61. The van der Waals surface area contributed by atoms with E-state index in [1.165, 1.54) is 11.0 Å². The maximum Gasteiger partial charge on any atom is 0.230 e. The second-order valence-corrected chi connectivity index (χ2v) is 7.59. The molecule has 1 aliphatic carbocycles. The first-order valence-electron chi connectivity index (χ1n) is 6.99. The molecule has 1 fully saturated rings.